The van der Waals surface area contributed by atoms with Crippen molar-refractivity contribution in [3.8, 4) is 0 Å². The summed E-state index contributed by atoms with van der Waals surface area (Å²) in [5.74, 6) is 1.02. The van der Waals surface area contributed by atoms with Crippen molar-refractivity contribution in [2.24, 2.45) is 0 Å². The summed E-state index contributed by atoms with van der Waals surface area (Å²) in [7, 11) is 0. The third-order valence-corrected chi connectivity index (χ3v) is 1.20. The van der Waals surface area contributed by atoms with Crippen LogP contribution in [0.4, 0.5) is 0 Å². The van der Waals surface area contributed by atoms with Gasteiger partial charge in [0, 0.05) is 12.4 Å². The lowest BCUT2D eigenvalue weighted by molar-refractivity contribution is 0.316. The Morgan fingerprint density at radius 1 is 1.62 bits per heavy atom. The predicted octanol–water partition coefficient (Wildman–Crippen LogP) is 1.81. The maximum atomic E-state index is 7.28. The van der Waals surface area contributed by atoms with Crippen molar-refractivity contribution in [1.82, 2.24) is 9.97 Å². The van der Waals surface area contributed by atoms with Gasteiger partial charge in [-0.3, -0.25) is 5.41 Å². The van der Waals surface area contributed by atoms with Gasteiger partial charge in [-0.15, -0.1) is 24.8 Å². The van der Waals surface area contributed by atoms with Crippen molar-refractivity contribution < 1.29 is 4.74 Å². The standard InChI is InChI=1S/C7H11N3O.2ClH/c1-2-11-6(8)5-7-9-3-4-10-7;;/h3-4,8H,2,5H2,1H3,(H,9,10);2*1H. The zero-order valence-corrected chi connectivity index (χ0v) is 8.87. The molecule has 4 nitrogen and oxygen atoms in total. The molecule has 2 N–H and O–H groups in total. The molecule has 0 saturated heterocycles. The van der Waals surface area contributed by atoms with Crippen LogP contribution in [0.3, 0.4) is 0 Å². The molecule has 0 aliphatic heterocycles. The number of nitrogens with one attached hydrogen (secondary N) is 2. The molecule has 1 heterocycles. The summed E-state index contributed by atoms with van der Waals surface area (Å²) in [5, 5.41) is 7.28. The third-order valence-electron chi connectivity index (χ3n) is 1.20. The number of ether oxygens (including phenoxy) is 1. The van der Waals surface area contributed by atoms with E-state index in [9.17, 15) is 0 Å². The topological polar surface area (TPSA) is 61.8 Å². The first-order valence-electron chi connectivity index (χ1n) is 3.51. The lowest BCUT2D eigenvalue weighted by atomic mass is 10.4. The van der Waals surface area contributed by atoms with E-state index in [4.69, 9.17) is 10.1 Å². The fourth-order valence-electron chi connectivity index (χ4n) is 0.772. The number of imidazole rings is 1. The van der Waals surface area contributed by atoms with Crippen LogP contribution in [0, 0.1) is 5.41 Å². The van der Waals surface area contributed by atoms with Crippen LogP contribution in [0.1, 0.15) is 12.7 Å². The molecule has 6 heteroatoms. The maximum Gasteiger partial charge on any atom is 0.188 e. The summed E-state index contributed by atoms with van der Waals surface area (Å²) in [6, 6.07) is 0. The summed E-state index contributed by atoms with van der Waals surface area (Å²) in [6.45, 7) is 2.40. The molecule has 0 unspecified atom stereocenters. The van der Waals surface area contributed by atoms with Crippen molar-refractivity contribution in [3.05, 3.63) is 18.2 Å². The highest BCUT2D eigenvalue weighted by Crippen LogP contribution is 1.92. The second-order valence-electron chi connectivity index (χ2n) is 2.07. The van der Waals surface area contributed by atoms with E-state index in [1.165, 1.54) is 0 Å². The number of nitrogens with zero attached hydrogens (tertiary/aromatic N) is 1. The summed E-state index contributed by atoms with van der Waals surface area (Å²) in [5.41, 5.74) is 0. The minimum Gasteiger partial charge on any atom is -0.481 e. The lowest BCUT2D eigenvalue weighted by Gasteiger charge is -2.01. The largest absolute Gasteiger partial charge is 0.481 e. The van der Waals surface area contributed by atoms with Gasteiger partial charge in [0.2, 0.25) is 0 Å². The maximum absolute atomic E-state index is 7.28. The first-order valence-corrected chi connectivity index (χ1v) is 3.51. The summed E-state index contributed by atoms with van der Waals surface area (Å²) in [6.07, 6.45) is 3.84. The monoisotopic (exact) mass is 225 g/mol. The molecule has 1 aromatic heterocycles. The van der Waals surface area contributed by atoms with E-state index in [0.29, 0.717) is 13.0 Å². The van der Waals surface area contributed by atoms with Gasteiger partial charge in [0.15, 0.2) is 5.90 Å². The molecule has 0 amide bonds. The fraction of sp³-hybridized carbons (Fsp3) is 0.429. The van der Waals surface area contributed by atoms with Gasteiger partial charge in [-0.1, -0.05) is 0 Å². The van der Waals surface area contributed by atoms with E-state index in [-0.39, 0.29) is 30.7 Å². The molecule has 0 atom stereocenters. The van der Waals surface area contributed by atoms with Crippen molar-refractivity contribution in [2.45, 2.75) is 13.3 Å². The molecule has 13 heavy (non-hydrogen) atoms. The van der Waals surface area contributed by atoms with Gasteiger partial charge >= 0.3 is 0 Å². The average molecular weight is 226 g/mol. The van der Waals surface area contributed by atoms with Crippen LogP contribution < -0.4 is 0 Å². The zero-order valence-electron chi connectivity index (χ0n) is 7.24. The molecule has 0 spiro atoms. The van der Waals surface area contributed by atoms with Crippen LogP contribution in [-0.2, 0) is 11.2 Å². The van der Waals surface area contributed by atoms with Crippen molar-refractivity contribution in [3.63, 3.8) is 0 Å². The number of aromatic amines is 1. The highest BCUT2D eigenvalue weighted by atomic mass is 35.5. The number of rotatable bonds is 3. The van der Waals surface area contributed by atoms with Crippen LogP contribution in [0.25, 0.3) is 0 Å². The summed E-state index contributed by atoms with van der Waals surface area (Å²) < 4.78 is 4.94. The number of aromatic nitrogens is 2. The molecule has 0 saturated carbocycles. The first kappa shape index (κ1) is 14.8. The van der Waals surface area contributed by atoms with E-state index >= 15 is 0 Å². The molecule has 76 valence electrons. The molecule has 0 aliphatic rings. The average Bonchev–Trinajstić information content (AvgIpc) is 2.40. The highest BCUT2D eigenvalue weighted by Gasteiger charge is 1.99. The van der Waals surface area contributed by atoms with Crippen LogP contribution in [0.5, 0.6) is 0 Å². The second-order valence-corrected chi connectivity index (χ2v) is 2.07. The van der Waals surface area contributed by atoms with Crippen molar-refractivity contribution >= 4 is 30.7 Å². The molecular formula is C7H13Cl2N3O. The molecule has 0 radical (unpaired) electrons. The van der Waals surface area contributed by atoms with Gasteiger partial charge in [0.1, 0.15) is 5.82 Å². The van der Waals surface area contributed by atoms with Gasteiger partial charge in [0.05, 0.1) is 13.0 Å². The smallest absolute Gasteiger partial charge is 0.188 e. The Hall–Kier alpha value is -0.740. The van der Waals surface area contributed by atoms with Crippen LogP contribution in [0.2, 0.25) is 0 Å². The Bertz CT molecular complexity index is 226. The highest BCUT2D eigenvalue weighted by molar-refractivity contribution is 5.85. The summed E-state index contributed by atoms with van der Waals surface area (Å²) in [4.78, 5) is 6.86. The Morgan fingerprint density at radius 3 is 2.77 bits per heavy atom. The van der Waals surface area contributed by atoms with Gasteiger partial charge in [-0.2, -0.15) is 0 Å². The van der Waals surface area contributed by atoms with Crippen LogP contribution >= 0.6 is 24.8 Å². The van der Waals surface area contributed by atoms with Gasteiger partial charge in [-0.05, 0) is 6.92 Å². The second kappa shape index (κ2) is 7.89. The van der Waals surface area contributed by atoms with Crippen molar-refractivity contribution in [2.75, 3.05) is 6.61 Å². The molecule has 0 aromatic carbocycles. The minimum atomic E-state index is 0. The van der Waals surface area contributed by atoms with E-state index in [1.54, 1.807) is 12.4 Å². The summed E-state index contributed by atoms with van der Waals surface area (Å²) >= 11 is 0. The number of halogens is 2. The van der Waals surface area contributed by atoms with Crippen molar-refractivity contribution in [1.29, 1.82) is 5.41 Å². The molecule has 0 aliphatic carbocycles. The third kappa shape index (κ3) is 5.49. The Labute approximate surface area is 89.4 Å². The predicted molar refractivity (Wildman–Crippen MR) is 56.1 cm³/mol. The Kier molecular flexibility index (Phi) is 8.96. The van der Waals surface area contributed by atoms with E-state index in [0.717, 1.165) is 5.82 Å². The molecule has 0 bridgehead atoms. The Balaban J connectivity index is 0. The SMILES string of the molecule is CCOC(=N)Cc1ncc[nH]1.Cl.Cl. The molecule has 1 aromatic rings. The van der Waals surface area contributed by atoms with E-state index in [1.807, 2.05) is 6.92 Å². The normalized spacial score (nSPS) is 8.08. The van der Waals surface area contributed by atoms with Crippen LogP contribution in [-0.4, -0.2) is 22.5 Å². The number of hydrogen-bond acceptors (Lipinski definition) is 3. The first-order chi connectivity index (χ1) is 5.33. The van der Waals surface area contributed by atoms with Crippen LogP contribution in [0.15, 0.2) is 12.4 Å². The number of H-pyrrole nitrogens is 1. The quantitative estimate of drug-likeness (QED) is 0.609. The zero-order chi connectivity index (χ0) is 8.10. The Morgan fingerprint density at radius 2 is 2.31 bits per heavy atom. The van der Waals surface area contributed by atoms with Gasteiger partial charge in [-0.25, -0.2) is 4.98 Å². The fourth-order valence-corrected chi connectivity index (χ4v) is 0.772. The lowest BCUT2D eigenvalue weighted by Crippen LogP contribution is -2.07. The number of hydrogen-bond donors (Lipinski definition) is 2. The van der Waals surface area contributed by atoms with E-state index < -0.39 is 0 Å². The van der Waals surface area contributed by atoms with Gasteiger partial charge in [0.25, 0.3) is 0 Å². The van der Waals surface area contributed by atoms with Gasteiger partial charge < -0.3 is 9.72 Å². The van der Waals surface area contributed by atoms with E-state index in [2.05, 4.69) is 9.97 Å². The molecular weight excluding hydrogens is 213 g/mol. The molecule has 1 rings (SSSR count). The molecule has 0 fully saturated rings. The minimum absolute atomic E-state index is 0.